The van der Waals surface area contributed by atoms with Gasteiger partial charge in [-0.1, -0.05) is 18.2 Å². The summed E-state index contributed by atoms with van der Waals surface area (Å²) in [6.45, 7) is 0.756. The molecule has 0 aromatic heterocycles. The smallest absolute Gasteiger partial charge is 0.0891 e. The van der Waals surface area contributed by atoms with Crippen molar-refractivity contribution in [2.24, 2.45) is 4.99 Å². The number of hydrogen-bond donors (Lipinski definition) is 1. The molecule has 2 aliphatic rings. The van der Waals surface area contributed by atoms with E-state index in [2.05, 4.69) is 28.5 Å². The van der Waals surface area contributed by atoms with Crippen molar-refractivity contribution in [1.82, 2.24) is 5.32 Å². The number of nitrogens with one attached hydrogen (secondary N) is 1. The minimum atomic E-state index is 0.447. The molecule has 0 aromatic carbocycles. The van der Waals surface area contributed by atoms with Crippen LogP contribution in [0.15, 0.2) is 28.8 Å². The van der Waals surface area contributed by atoms with Gasteiger partial charge < -0.3 is 0 Å². The molecule has 9 heavy (non-hydrogen) atoms. The molecule has 1 aliphatic heterocycles. The summed E-state index contributed by atoms with van der Waals surface area (Å²) >= 11 is 0. The van der Waals surface area contributed by atoms with Gasteiger partial charge in [0.15, 0.2) is 0 Å². The maximum Gasteiger partial charge on any atom is 0.0891 e. The molecule has 0 amide bonds. The standard InChI is InChI=1S/C7H8N2/c1-2-6-4-8-5-9-7(6)3-1/h1-4,7,9H,5H2. The lowest BCUT2D eigenvalue weighted by molar-refractivity contribution is 0.672. The van der Waals surface area contributed by atoms with E-state index >= 15 is 0 Å². The maximum atomic E-state index is 4.08. The minimum absolute atomic E-state index is 0.447. The van der Waals surface area contributed by atoms with Gasteiger partial charge in [-0.05, 0) is 5.57 Å². The van der Waals surface area contributed by atoms with Crippen LogP contribution in [0, 0.1) is 0 Å². The van der Waals surface area contributed by atoms with Crippen LogP contribution in [0.25, 0.3) is 0 Å². The van der Waals surface area contributed by atoms with Crippen molar-refractivity contribution in [3.63, 3.8) is 0 Å². The molecular formula is C7H8N2. The summed E-state index contributed by atoms with van der Waals surface area (Å²) in [6.07, 6.45) is 8.21. The van der Waals surface area contributed by atoms with Crippen LogP contribution in [-0.4, -0.2) is 18.9 Å². The summed E-state index contributed by atoms with van der Waals surface area (Å²) < 4.78 is 0. The van der Waals surface area contributed by atoms with E-state index in [0.717, 1.165) is 6.67 Å². The molecule has 1 atom stereocenters. The molecule has 1 heterocycles. The molecule has 46 valence electrons. The van der Waals surface area contributed by atoms with Crippen molar-refractivity contribution in [2.45, 2.75) is 6.04 Å². The van der Waals surface area contributed by atoms with Crippen molar-refractivity contribution in [3.05, 3.63) is 23.8 Å². The summed E-state index contributed by atoms with van der Waals surface area (Å²) in [6, 6.07) is 0.447. The van der Waals surface area contributed by atoms with Crippen LogP contribution < -0.4 is 5.32 Å². The first-order chi connectivity index (χ1) is 4.47. The monoisotopic (exact) mass is 120 g/mol. The number of hydrogen-bond acceptors (Lipinski definition) is 2. The lowest BCUT2D eigenvalue weighted by Gasteiger charge is -2.14. The van der Waals surface area contributed by atoms with E-state index in [4.69, 9.17) is 0 Å². The maximum absolute atomic E-state index is 4.08. The number of aliphatic imine (C=N–C) groups is 1. The first kappa shape index (κ1) is 4.94. The van der Waals surface area contributed by atoms with E-state index < -0.39 is 0 Å². The van der Waals surface area contributed by atoms with Crippen molar-refractivity contribution in [3.8, 4) is 0 Å². The molecule has 0 saturated heterocycles. The molecule has 0 radical (unpaired) electrons. The highest BCUT2D eigenvalue weighted by Gasteiger charge is 2.13. The fourth-order valence-electron chi connectivity index (χ4n) is 1.10. The van der Waals surface area contributed by atoms with Gasteiger partial charge in [0.2, 0.25) is 0 Å². The van der Waals surface area contributed by atoms with Crippen LogP contribution in [0.1, 0.15) is 0 Å². The van der Waals surface area contributed by atoms with Crippen LogP contribution in [0.5, 0.6) is 0 Å². The molecule has 2 heteroatoms. The molecule has 0 aromatic rings. The second-order valence-corrected chi connectivity index (χ2v) is 2.20. The SMILES string of the molecule is C1=CC2NCN=CC2=C1. The Labute approximate surface area is 54.0 Å². The van der Waals surface area contributed by atoms with E-state index in [1.54, 1.807) is 0 Å². The number of nitrogens with zero attached hydrogens (tertiary/aromatic N) is 1. The third-order valence-corrected chi connectivity index (χ3v) is 1.59. The largest absolute Gasteiger partial charge is 0.288 e. The predicted molar refractivity (Wildman–Crippen MR) is 37.5 cm³/mol. The second-order valence-electron chi connectivity index (χ2n) is 2.20. The average molecular weight is 120 g/mol. The van der Waals surface area contributed by atoms with Crippen molar-refractivity contribution in [2.75, 3.05) is 6.67 Å². The Balaban J connectivity index is 2.31. The van der Waals surface area contributed by atoms with Crippen LogP contribution in [0.2, 0.25) is 0 Å². The number of fused-ring (bicyclic) bond motifs is 1. The van der Waals surface area contributed by atoms with Crippen LogP contribution >= 0.6 is 0 Å². The Morgan fingerprint density at radius 1 is 1.67 bits per heavy atom. The summed E-state index contributed by atoms with van der Waals surface area (Å²) in [7, 11) is 0. The van der Waals surface area contributed by atoms with Gasteiger partial charge in [-0.3, -0.25) is 10.3 Å². The zero-order valence-electron chi connectivity index (χ0n) is 5.04. The zero-order valence-corrected chi connectivity index (χ0v) is 5.04. The van der Waals surface area contributed by atoms with E-state index in [1.807, 2.05) is 6.21 Å². The van der Waals surface area contributed by atoms with Crippen LogP contribution in [0.4, 0.5) is 0 Å². The minimum Gasteiger partial charge on any atom is -0.288 e. The van der Waals surface area contributed by atoms with Crippen molar-refractivity contribution >= 4 is 6.21 Å². The van der Waals surface area contributed by atoms with Crippen LogP contribution in [0.3, 0.4) is 0 Å². The normalized spacial score (nSPS) is 30.2. The molecule has 0 spiro atoms. The Morgan fingerprint density at radius 3 is 3.56 bits per heavy atom. The van der Waals surface area contributed by atoms with Crippen LogP contribution in [-0.2, 0) is 0 Å². The molecule has 0 saturated carbocycles. The molecule has 0 bridgehead atoms. The fraction of sp³-hybridized carbons (Fsp3) is 0.286. The van der Waals surface area contributed by atoms with Gasteiger partial charge >= 0.3 is 0 Å². The highest BCUT2D eigenvalue weighted by molar-refractivity contribution is 5.83. The summed E-state index contributed by atoms with van der Waals surface area (Å²) in [5.74, 6) is 0. The molecule has 0 fully saturated rings. The fourth-order valence-corrected chi connectivity index (χ4v) is 1.10. The Bertz CT molecular complexity index is 201. The first-order valence-electron chi connectivity index (χ1n) is 3.08. The third kappa shape index (κ3) is 0.715. The van der Waals surface area contributed by atoms with Gasteiger partial charge in [-0.15, -0.1) is 0 Å². The Hall–Kier alpha value is -0.890. The van der Waals surface area contributed by atoms with Crippen molar-refractivity contribution < 1.29 is 0 Å². The topological polar surface area (TPSA) is 24.4 Å². The summed E-state index contributed by atoms with van der Waals surface area (Å²) in [5.41, 5.74) is 1.28. The lowest BCUT2D eigenvalue weighted by Crippen LogP contribution is -2.31. The van der Waals surface area contributed by atoms with E-state index in [9.17, 15) is 0 Å². The molecule has 2 nitrogen and oxygen atoms in total. The molecule has 1 aliphatic carbocycles. The van der Waals surface area contributed by atoms with Gasteiger partial charge in [0.05, 0.1) is 12.7 Å². The zero-order chi connectivity index (χ0) is 6.10. The molecule has 1 N–H and O–H groups in total. The number of rotatable bonds is 0. The highest BCUT2D eigenvalue weighted by Crippen LogP contribution is 2.11. The molecular weight excluding hydrogens is 112 g/mol. The lowest BCUT2D eigenvalue weighted by atomic mass is 10.1. The Kier molecular flexibility index (Phi) is 0.993. The van der Waals surface area contributed by atoms with Gasteiger partial charge in [0.1, 0.15) is 0 Å². The van der Waals surface area contributed by atoms with E-state index in [1.165, 1.54) is 5.57 Å². The van der Waals surface area contributed by atoms with Gasteiger partial charge in [-0.2, -0.15) is 0 Å². The third-order valence-electron chi connectivity index (χ3n) is 1.59. The van der Waals surface area contributed by atoms with E-state index in [0.29, 0.717) is 6.04 Å². The number of allylic oxidation sites excluding steroid dienone is 2. The quantitative estimate of drug-likeness (QED) is 0.494. The average Bonchev–Trinajstić information content (AvgIpc) is 2.33. The summed E-state index contributed by atoms with van der Waals surface area (Å²) in [4.78, 5) is 4.08. The second kappa shape index (κ2) is 1.81. The molecule has 2 rings (SSSR count). The summed E-state index contributed by atoms with van der Waals surface area (Å²) in [5, 5.41) is 3.23. The predicted octanol–water partition coefficient (Wildman–Crippen LogP) is 0.483. The molecule has 1 unspecified atom stereocenters. The van der Waals surface area contributed by atoms with Gasteiger partial charge in [0.25, 0.3) is 0 Å². The van der Waals surface area contributed by atoms with Gasteiger partial charge in [-0.25, -0.2) is 0 Å². The van der Waals surface area contributed by atoms with Crippen molar-refractivity contribution in [1.29, 1.82) is 0 Å². The van der Waals surface area contributed by atoms with E-state index in [-0.39, 0.29) is 0 Å². The highest BCUT2D eigenvalue weighted by atomic mass is 15.0. The Morgan fingerprint density at radius 2 is 2.67 bits per heavy atom. The van der Waals surface area contributed by atoms with Gasteiger partial charge in [0, 0.05) is 6.21 Å². The first-order valence-corrected chi connectivity index (χ1v) is 3.08.